The summed E-state index contributed by atoms with van der Waals surface area (Å²) in [5, 5.41) is 10.9. The average molecular weight is 333 g/mol. The molecular formula is C15H15N3O2S2. The lowest BCUT2D eigenvalue weighted by Crippen LogP contribution is -2.22. The Labute approximate surface area is 136 Å². The molecule has 3 heterocycles. The van der Waals surface area contributed by atoms with Crippen LogP contribution < -0.4 is 5.32 Å². The molecule has 0 aliphatic carbocycles. The normalized spacial score (nSPS) is 10.8. The molecule has 1 amide bonds. The maximum atomic E-state index is 12.2. The SMILES string of the molecule is CCCc1nnsc1C(=O)NCc1ccc(-c2ccsc2)o1. The number of aryl methyl sites for hydroxylation is 1. The Morgan fingerprint density at radius 2 is 2.27 bits per heavy atom. The van der Waals surface area contributed by atoms with E-state index < -0.39 is 0 Å². The van der Waals surface area contributed by atoms with Crippen molar-refractivity contribution in [2.45, 2.75) is 26.3 Å². The van der Waals surface area contributed by atoms with E-state index in [2.05, 4.69) is 21.8 Å². The number of carbonyl (C=O) groups excluding carboxylic acids is 1. The number of thiophene rings is 1. The molecule has 0 fully saturated rings. The zero-order chi connectivity index (χ0) is 15.4. The molecule has 0 aliphatic heterocycles. The van der Waals surface area contributed by atoms with Gasteiger partial charge in [0, 0.05) is 10.9 Å². The first-order valence-corrected chi connectivity index (χ1v) is 8.70. The van der Waals surface area contributed by atoms with Crippen molar-refractivity contribution >= 4 is 28.8 Å². The fourth-order valence-corrected chi connectivity index (χ4v) is 3.33. The minimum Gasteiger partial charge on any atom is -0.459 e. The van der Waals surface area contributed by atoms with E-state index in [0.29, 0.717) is 11.4 Å². The number of hydrogen-bond acceptors (Lipinski definition) is 6. The summed E-state index contributed by atoms with van der Waals surface area (Å²) in [4.78, 5) is 12.8. The number of amides is 1. The van der Waals surface area contributed by atoms with Gasteiger partial charge in [-0.05, 0) is 41.5 Å². The molecule has 0 aromatic carbocycles. The lowest BCUT2D eigenvalue weighted by molar-refractivity contribution is 0.0951. The monoisotopic (exact) mass is 333 g/mol. The highest BCUT2D eigenvalue weighted by molar-refractivity contribution is 7.08. The van der Waals surface area contributed by atoms with Crippen molar-refractivity contribution in [2.24, 2.45) is 0 Å². The third-order valence-corrected chi connectivity index (χ3v) is 4.59. The van der Waals surface area contributed by atoms with Crippen LogP contribution in [0.3, 0.4) is 0 Å². The van der Waals surface area contributed by atoms with Gasteiger partial charge in [0.05, 0.1) is 12.2 Å². The number of hydrogen-bond donors (Lipinski definition) is 1. The topological polar surface area (TPSA) is 68.0 Å². The van der Waals surface area contributed by atoms with Crippen LogP contribution in [0.25, 0.3) is 11.3 Å². The summed E-state index contributed by atoms with van der Waals surface area (Å²) in [6, 6.07) is 5.80. The van der Waals surface area contributed by atoms with Gasteiger partial charge in [0.1, 0.15) is 16.4 Å². The van der Waals surface area contributed by atoms with Gasteiger partial charge in [0.25, 0.3) is 5.91 Å². The van der Waals surface area contributed by atoms with Crippen molar-refractivity contribution in [3.8, 4) is 11.3 Å². The Balaban J connectivity index is 1.62. The molecule has 0 aliphatic rings. The van der Waals surface area contributed by atoms with E-state index in [1.54, 1.807) is 11.3 Å². The summed E-state index contributed by atoms with van der Waals surface area (Å²) < 4.78 is 9.60. The van der Waals surface area contributed by atoms with Gasteiger partial charge in [-0.15, -0.1) is 5.10 Å². The van der Waals surface area contributed by atoms with Crippen LogP contribution in [0, 0.1) is 0 Å². The summed E-state index contributed by atoms with van der Waals surface area (Å²) in [6.07, 6.45) is 1.70. The molecule has 1 N–H and O–H groups in total. The summed E-state index contributed by atoms with van der Waals surface area (Å²) in [6.45, 7) is 2.41. The van der Waals surface area contributed by atoms with Gasteiger partial charge in [-0.2, -0.15) is 11.3 Å². The zero-order valence-electron chi connectivity index (χ0n) is 12.0. The smallest absolute Gasteiger partial charge is 0.265 e. The number of carbonyl (C=O) groups is 1. The molecule has 3 aromatic rings. The number of rotatable bonds is 6. The molecule has 3 aromatic heterocycles. The van der Waals surface area contributed by atoms with Gasteiger partial charge < -0.3 is 9.73 Å². The van der Waals surface area contributed by atoms with Crippen LogP contribution in [0.4, 0.5) is 0 Å². The summed E-state index contributed by atoms with van der Waals surface area (Å²) >= 11 is 2.76. The number of aromatic nitrogens is 2. The van der Waals surface area contributed by atoms with E-state index in [1.807, 2.05) is 29.0 Å². The standard InChI is InChI=1S/C15H15N3O2S2/c1-2-3-12-14(22-18-17-12)15(19)16-8-11-4-5-13(20-11)10-6-7-21-9-10/h4-7,9H,2-3,8H2,1H3,(H,16,19). The molecule has 3 rings (SSSR count). The van der Waals surface area contributed by atoms with Crippen LogP contribution in [-0.2, 0) is 13.0 Å². The van der Waals surface area contributed by atoms with Gasteiger partial charge >= 0.3 is 0 Å². The van der Waals surface area contributed by atoms with Crippen molar-refractivity contribution in [3.63, 3.8) is 0 Å². The van der Waals surface area contributed by atoms with Gasteiger partial charge in [-0.1, -0.05) is 17.8 Å². The zero-order valence-corrected chi connectivity index (χ0v) is 13.7. The first-order chi connectivity index (χ1) is 10.8. The predicted octanol–water partition coefficient (Wildman–Crippen LogP) is 3.74. The summed E-state index contributed by atoms with van der Waals surface area (Å²) in [5.74, 6) is 1.40. The third-order valence-electron chi connectivity index (χ3n) is 3.14. The maximum Gasteiger partial charge on any atom is 0.265 e. The lowest BCUT2D eigenvalue weighted by Gasteiger charge is -2.02. The molecule has 0 radical (unpaired) electrons. The van der Waals surface area contributed by atoms with Crippen molar-refractivity contribution < 1.29 is 9.21 Å². The Morgan fingerprint density at radius 3 is 3.05 bits per heavy atom. The van der Waals surface area contributed by atoms with Crippen LogP contribution in [-0.4, -0.2) is 15.5 Å². The van der Waals surface area contributed by atoms with Crippen LogP contribution >= 0.6 is 22.9 Å². The van der Waals surface area contributed by atoms with E-state index in [9.17, 15) is 4.79 Å². The molecule has 5 nitrogen and oxygen atoms in total. The Kier molecular flexibility index (Phi) is 4.65. The second-order valence-electron chi connectivity index (χ2n) is 4.76. The molecule has 0 saturated carbocycles. The predicted molar refractivity (Wildman–Crippen MR) is 87.1 cm³/mol. The highest BCUT2D eigenvalue weighted by atomic mass is 32.1. The van der Waals surface area contributed by atoms with Gasteiger partial charge in [0.2, 0.25) is 0 Å². The first kappa shape index (κ1) is 14.9. The molecule has 0 spiro atoms. The van der Waals surface area contributed by atoms with E-state index >= 15 is 0 Å². The minimum atomic E-state index is -0.146. The van der Waals surface area contributed by atoms with Gasteiger partial charge in [-0.25, -0.2) is 0 Å². The van der Waals surface area contributed by atoms with E-state index in [-0.39, 0.29) is 5.91 Å². The van der Waals surface area contributed by atoms with Gasteiger partial charge in [-0.3, -0.25) is 4.79 Å². The molecule has 0 bridgehead atoms. The van der Waals surface area contributed by atoms with Crippen molar-refractivity contribution in [1.29, 1.82) is 0 Å². The van der Waals surface area contributed by atoms with Crippen molar-refractivity contribution in [1.82, 2.24) is 14.9 Å². The minimum absolute atomic E-state index is 0.146. The molecule has 0 atom stereocenters. The molecular weight excluding hydrogens is 318 g/mol. The van der Waals surface area contributed by atoms with Crippen LogP contribution in [0.2, 0.25) is 0 Å². The summed E-state index contributed by atoms with van der Waals surface area (Å²) in [7, 11) is 0. The van der Waals surface area contributed by atoms with E-state index in [0.717, 1.165) is 47.2 Å². The van der Waals surface area contributed by atoms with Crippen LogP contribution in [0.15, 0.2) is 33.4 Å². The Hall–Kier alpha value is -1.99. The highest BCUT2D eigenvalue weighted by Gasteiger charge is 2.16. The fraction of sp³-hybridized carbons (Fsp3) is 0.267. The van der Waals surface area contributed by atoms with Crippen LogP contribution in [0.5, 0.6) is 0 Å². The number of nitrogens with one attached hydrogen (secondary N) is 1. The van der Waals surface area contributed by atoms with Crippen LogP contribution in [0.1, 0.15) is 34.5 Å². The Bertz CT molecular complexity index is 747. The van der Waals surface area contributed by atoms with E-state index in [1.165, 1.54) is 0 Å². The average Bonchev–Trinajstić information content (AvgIpc) is 3.25. The van der Waals surface area contributed by atoms with Crippen molar-refractivity contribution in [3.05, 3.63) is 45.3 Å². The third kappa shape index (κ3) is 3.26. The molecule has 7 heteroatoms. The highest BCUT2D eigenvalue weighted by Crippen LogP contribution is 2.24. The molecule has 114 valence electrons. The number of nitrogens with zero attached hydrogens (tertiary/aromatic N) is 2. The van der Waals surface area contributed by atoms with Crippen molar-refractivity contribution in [2.75, 3.05) is 0 Å². The quantitative estimate of drug-likeness (QED) is 0.746. The maximum absolute atomic E-state index is 12.2. The lowest BCUT2D eigenvalue weighted by atomic mass is 10.2. The summed E-state index contributed by atoms with van der Waals surface area (Å²) in [5.41, 5.74) is 1.82. The van der Waals surface area contributed by atoms with Gasteiger partial charge in [0.15, 0.2) is 0 Å². The second-order valence-corrected chi connectivity index (χ2v) is 6.29. The Morgan fingerprint density at radius 1 is 1.36 bits per heavy atom. The first-order valence-electron chi connectivity index (χ1n) is 6.98. The largest absolute Gasteiger partial charge is 0.459 e. The molecule has 0 unspecified atom stereocenters. The second kappa shape index (κ2) is 6.85. The molecule has 0 saturated heterocycles. The van der Waals surface area contributed by atoms with E-state index in [4.69, 9.17) is 4.42 Å². The molecule has 22 heavy (non-hydrogen) atoms. The number of furan rings is 1. The fourth-order valence-electron chi connectivity index (χ4n) is 2.06.